The van der Waals surface area contributed by atoms with Crippen molar-refractivity contribution in [3.8, 4) is 11.5 Å². The average molecular weight is 429 g/mol. The first-order valence-electron chi connectivity index (χ1n) is 6.56. The minimum Gasteiger partial charge on any atom is -0.497 e. The molecule has 0 aliphatic carbocycles. The van der Waals surface area contributed by atoms with Crippen LogP contribution in [0.2, 0.25) is 0 Å². The van der Waals surface area contributed by atoms with Gasteiger partial charge in [-0.1, -0.05) is 18.2 Å². The Labute approximate surface area is 146 Å². The summed E-state index contributed by atoms with van der Waals surface area (Å²) in [4.78, 5) is 11.8. The van der Waals surface area contributed by atoms with E-state index in [2.05, 4.69) is 37.2 Å². The predicted molar refractivity (Wildman–Crippen MR) is 92.2 cm³/mol. The predicted octanol–water partition coefficient (Wildman–Crippen LogP) is 3.92. The topological polar surface area (TPSA) is 47.6 Å². The summed E-state index contributed by atoms with van der Waals surface area (Å²) in [7, 11) is 1.62. The maximum absolute atomic E-state index is 11.8. The van der Waals surface area contributed by atoms with Crippen LogP contribution in [0.3, 0.4) is 0 Å². The molecular weight excluding hydrogens is 414 g/mol. The van der Waals surface area contributed by atoms with E-state index in [1.807, 2.05) is 42.5 Å². The summed E-state index contributed by atoms with van der Waals surface area (Å²) in [5, 5.41) is 2.81. The van der Waals surface area contributed by atoms with Gasteiger partial charge in [-0.2, -0.15) is 0 Å². The molecule has 4 nitrogen and oxygen atoms in total. The second kappa shape index (κ2) is 8.19. The second-order valence-corrected chi connectivity index (χ2v) is 6.17. The first-order valence-corrected chi connectivity index (χ1v) is 8.15. The molecule has 0 aliphatic rings. The number of para-hydroxylation sites is 1. The van der Waals surface area contributed by atoms with Crippen LogP contribution >= 0.6 is 31.9 Å². The summed E-state index contributed by atoms with van der Waals surface area (Å²) >= 11 is 6.78. The van der Waals surface area contributed by atoms with Gasteiger partial charge in [0.05, 0.1) is 16.1 Å². The normalized spacial score (nSPS) is 10.1. The van der Waals surface area contributed by atoms with Crippen molar-refractivity contribution in [2.45, 2.75) is 6.54 Å². The second-order valence-electron chi connectivity index (χ2n) is 4.46. The van der Waals surface area contributed by atoms with E-state index >= 15 is 0 Å². The molecule has 2 rings (SSSR count). The third-order valence-corrected chi connectivity index (χ3v) is 4.16. The molecule has 0 heterocycles. The Morgan fingerprint density at radius 1 is 1.09 bits per heavy atom. The van der Waals surface area contributed by atoms with E-state index in [0.717, 1.165) is 20.3 Å². The van der Waals surface area contributed by atoms with Gasteiger partial charge in [0, 0.05) is 6.54 Å². The Morgan fingerprint density at radius 2 is 1.73 bits per heavy atom. The molecular formula is C16H15Br2NO3. The van der Waals surface area contributed by atoms with Crippen LogP contribution in [-0.2, 0) is 11.3 Å². The number of hydrogen-bond acceptors (Lipinski definition) is 3. The fourth-order valence-electron chi connectivity index (χ4n) is 1.75. The molecule has 0 fully saturated rings. The highest BCUT2D eigenvalue weighted by molar-refractivity contribution is 9.11. The van der Waals surface area contributed by atoms with E-state index < -0.39 is 0 Å². The monoisotopic (exact) mass is 427 g/mol. The van der Waals surface area contributed by atoms with E-state index in [4.69, 9.17) is 9.47 Å². The SMILES string of the molecule is COc1ccc(CNC(=O)COc2c(Br)cccc2Br)cc1. The van der Waals surface area contributed by atoms with Crippen LogP contribution in [0.1, 0.15) is 5.56 Å². The molecule has 116 valence electrons. The Kier molecular flexibility index (Phi) is 6.27. The summed E-state index contributed by atoms with van der Waals surface area (Å²) in [6.45, 7) is 0.403. The van der Waals surface area contributed by atoms with Crippen molar-refractivity contribution >= 4 is 37.8 Å². The summed E-state index contributed by atoms with van der Waals surface area (Å²) in [6.07, 6.45) is 0. The van der Waals surface area contributed by atoms with Gasteiger partial charge in [-0.05, 0) is 61.7 Å². The summed E-state index contributed by atoms with van der Waals surface area (Å²) in [5.41, 5.74) is 0.997. The van der Waals surface area contributed by atoms with E-state index in [1.165, 1.54) is 0 Å². The molecule has 0 aromatic heterocycles. The standard InChI is InChI=1S/C16H15Br2NO3/c1-21-12-7-5-11(6-8-12)9-19-15(20)10-22-16-13(17)3-2-4-14(16)18/h2-8H,9-10H2,1H3,(H,19,20). The van der Waals surface area contributed by atoms with Crippen molar-refractivity contribution < 1.29 is 14.3 Å². The Bertz CT molecular complexity index is 624. The lowest BCUT2D eigenvalue weighted by atomic mass is 10.2. The molecule has 2 aromatic carbocycles. The number of hydrogen-bond donors (Lipinski definition) is 1. The molecule has 0 saturated carbocycles. The molecule has 0 aliphatic heterocycles. The average Bonchev–Trinajstić information content (AvgIpc) is 2.53. The smallest absolute Gasteiger partial charge is 0.258 e. The number of nitrogens with one attached hydrogen (secondary N) is 1. The minimum absolute atomic E-state index is 0.0443. The molecule has 22 heavy (non-hydrogen) atoms. The zero-order valence-corrected chi connectivity index (χ0v) is 15.1. The van der Waals surface area contributed by atoms with E-state index in [1.54, 1.807) is 7.11 Å². The number of benzene rings is 2. The molecule has 6 heteroatoms. The summed E-state index contributed by atoms with van der Waals surface area (Å²) in [5.74, 6) is 1.22. The van der Waals surface area contributed by atoms with Crippen molar-refractivity contribution in [1.29, 1.82) is 0 Å². The van der Waals surface area contributed by atoms with Crippen LogP contribution in [0, 0.1) is 0 Å². The highest BCUT2D eigenvalue weighted by Crippen LogP contribution is 2.32. The number of rotatable bonds is 6. The molecule has 0 unspecified atom stereocenters. The van der Waals surface area contributed by atoms with E-state index in [-0.39, 0.29) is 12.5 Å². The first kappa shape index (κ1) is 16.8. The van der Waals surface area contributed by atoms with Gasteiger partial charge < -0.3 is 14.8 Å². The van der Waals surface area contributed by atoms with Crippen molar-refractivity contribution in [1.82, 2.24) is 5.32 Å². The zero-order chi connectivity index (χ0) is 15.9. The highest BCUT2D eigenvalue weighted by atomic mass is 79.9. The van der Waals surface area contributed by atoms with Gasteiger partial charge in [-0.25, -0.2) is 0 Å². The Hall–Kier alpha value is -1.53. The molecule has 0 spiro atoms. The van der Waals surface area contributed by atoms with Gasteiger partial charge in [0.25, 0.3) is 5.91 Å². The number of halogens is 2. The van der Waals surface area contributed by atoms with Crippen LogP contribution in [0.4, 0.5) is 0 Å². The van der Waals surface area contributed by atoms with Gasteiger partial charge in [-0.15, -0.1) is 0 Å². The minimum atomic E-state index is -0.182. The van der Waals surface area contributed by atoms with Crippen molar-refractivity contribution in [2.24, 2.45) is 0 Å². The van der Waals surface area contributed by atoms with Crippen molar-refractivity contribution in [2.75, 3.05) is 13.7 Å². The van der Waals surface area contributed by atoms with Crippen LogP contribution in [0.25, 0.3) is 0 Å². The lowest BCUT2D eigenvalue weighted by Gasteiger charge is -2.10. The lowest BCUT2D eigenvalue weighted by Crippen LogP contribution is -2.28. The quantitative estimate of drug-likeness (QED) is 0.758. The Morgan fingerprint density at radius 3 is 2.32 bits per heavy atom. The van der Waals surface area contributed by atoms with Crippen LogP contribution in [0.15, 0.2) is 51.4 Å². The molecule has 0 saturated heterocycles. The number of amides is 1. The molecule has 2 aromatic rings. The summed E-state index contributed by atoms with van der Waals surface area (Å²) in [6, 6.07) is 13.1. The first-order chi connectivity index (χ1) is 10.6. The third kappa shape index (κ3) is 4.74. The zero-order valence-electron chi connectivity index (χ0n) is 11.9. The van der Waals surface area contributed by atoms with Gasteiger partial charge in [0.15, 0.2) is 6.61 Å². The molecule has 0 bridgehead atoms. The maximum Gasteiger partial charge on any atom is 0.258 e. The molecule has 0 atom stereocenters. The fraction of sp³-hybridized carbons (Fsp3) is 0.188. The maximum atomic E-state index is 11.8. The highest BCUT2D eigenvalue weighted by Gasteiger charge is 2.08. The third-order valence-electron chi connectivity index (χ3n) is 2.92. The largest absolute Gasteiger partial charge is 0.497 e. The van der Waals surface area contributed by atoms with Crippen LogP contribution in [0.5, 0.6) is 11.5 Å². The number of methoxy groups -OCH3 is 1. The van der Waals surface area contributed by atoms with E-state index in [9.17, 15) is 4.79 Å². The van der Waals surface area contributed by atoms with Crippen LogP contribution in [-0.4, -0.2) is 19.6 Å². The lowest BCUT2D eigenvalue weighted by molar-refractivity contribution is -0.123. The molecule has 0 radical (unpaired) electrons. The van der Waals surface area contributed by atoms with Gasteiger partial charge in [0.1, 0.15) is 11.5 Å². The van der Waals surface area contributed by atoms with Gasteiger partial charge in [0.2, 0.25) is 0 Å². The summed E-state index contributed by atoms with van der Waals surface area (Å²) < 4.78 is 12.2. The van der Waals surface area contributed by atoms with Gasteiger partial charge in [-0.3, -0.25) is 4.79 Å². The van der Waals surface area contributed by atoms with E-state index in [0.29, 0.717) is 12.3 Å². The van der Waals surface area contributed by atoms with Crippen molar-refractivity contribution in [3.05, 3.63) is 57.0 Å². The number of carbonyl (C=O) groups is 1. The molecule has 1 amide bonds. The number of carbonyl (C=O) groups excluding carboxylic acids is 1. The molecule has 1 N–H and O–H groups in total. The fourth-order valence-corrected chi connectivity index (χ4v) is 2.98. The Balaban J connectivity index is 1.83. The van der Waals surface area contributed by atoms with Crippen LogP contribution < -0.4 is 14.8 Å². The van der Waals surface area contributed by atoms with Crippen molar-refractivity contribution in [3.63, 3.8) is 0 Å². The van der Waals surface area contributed by atoms with Gasteiger partial charge >= 0.3 is 0 Å². The number of ether oxygens (including phenoxy) is 2.